The molecular formula is C10H16F2N4O2. The fourth-order valence-corrected chi connectivity index (χ4v) is 1.32. The van der Waals surface area contributed by atoms with Crippen LogP contribution in [-0.2, 0) is 4.74 Å². The molecule has 1 unspecified atom stereocenters. The van der Waals surface area contributed by atoms with Crippen molar-refractivity contribution in [1.82, 2.24) is 4.98 Å². The minimum absolute atomic E-state index is 0.131. The zero-order valence-electron chi connectivity index (χ0n) is 9.91. The van der Waals surface area contributed by atoms with E-state index in [1.54, 1.807) is 0 Å². The van der Waals surface area contributed by atoms with E-state index >= 15 is 0 Å². The Hall–Kier alpha value is -1.51. The summed E-state index contributed by atoms with van der Waals surface area (Å²) < 4.78 is 31.1. The molecule has 0 fully saturated rings. The maximum absolute atomic E-state index is 13.3. The van der Waals surface area contributed by atoms with Crippen LogP contribution in [0.4, 0.5) is 20.4 Å². The number of rotatable bonds is 7. The van der Waals surface area contributed by atoms with E-state index in [2.05, 4.69) is 10.3 Å². The Balaban J connectivity index is 2.56. The van der Waals surface area contributed by atoms with Crippen LogP contribution in [0.1, 0.15) is 6.42 Å². The number of aliphatic hydroxyl groups excluding tert-OH is 1. The molecule has 102 valence electrons. The Kier molecular flexibility index (Phi) is 5.69. The van der Waals surface area contributed by atoms with Gasteiger partial charge in [-0.1, -0.05) is 0 Å². The highest BCUT2D eigenvalue weighted by molar-refractivity contribution is 5.46. The normalized spacial score (nSPS) is 12.3. The maximum Gasteiger partial charge on any atom is 0.178 e. The van der Waals surface area contributed by atoms with Gasteiger partial charge in [-0.2, -0.15) is 0 Å². The van der Waals surface area contributed by atoms with Gasteiger partial charge in [0, 0.05) is 19.7 Å². The lowest BCUT2D eigenvalue weighted by Crippen LogP contribution is -2.19. The molecule has 0 aromatic carbocycles. The van der Waals surface area contributed by atoms with Crippen molar-refractivity contribution in [3.8, 4) is 0 Å². The highest BCUT2D eigenvalue weighted by Crippen LogP contribution is 2.18. The van der Waals surface area contributed by atoms with Gasteiger partial charge in [-0.05, 0) is 6.42 Å². The van der Waals surface area contributed by atoms with Crippen LogP contribution < -0.4 is 16.6 Å². The number of hydrogen-bond acceptors (Lipinski definition) is 6. The Labute approximate surface area is 103 Å². The van der Waals surface area contributed by atoms with Gasteiger partial charge in [-0.25, -0.2) is 19.6 Å². The third-order valence-electron chi connectivity index (χ3n) is 2.20. The highest BCUT2D eigenvalue weighted by Gasteiger charge is 2.11. The zero-order chi connectivity index (χ0) is 13.5. The molecule has 18 heavy (non-hydrogen) atoms. The summed E-state index contributed by atoms with van der Waals surface area (Å²) >= 11 is 0. The molecule has 1 rings (SSSR count). The maximum atomic E-state index is 13.3. The SMILES string of the molecule is COCC(O)CCNc1nc(NN)c(F)cc1F. The standard InChI is InChI=1S/C10H16F2N4O2/c1-18-5-6(17)2-3-14-9-7(11)4-8(12)10(15-9)16-13/h4,6,17H,2-3,5,13H2,1H3,(H2,14,15,16). The average molecular weight is 262 g/mol. The van der Waals surface area contributed by atoms with E-state index in [0.717, 1.165) is 0 Å². The lowest BCUT2D eigenvalue weighted by atomic mass is 10.2. The van der Waals surface area contributed by atoms with Crippen molar-refractivity contribution in [3.63, 3.8) is 0 Å². The molecular weight excluding hydrogens is 246 g/mol. The van der Waals surface area contributed by atoms with Crippen LogP contribution in [0.2, 0.25) is 0 Å². The molecule has 0 saturated carbocycles. The second-order valence-corrected chi connectivity index (χ2v) is 3.62. The first-order chi connectivity index (χ1) is 8.58. The number of pyridine rings is 1. The molecule has 0 aliphatic carbocycles. The molecule has 0 bridgehead atoms. The van der Waals surface area contributed by atoms with Crippen molar-refractivity contribution in [2.45, 2.75) is 12.5 Å². The minimum atomic E-state index is -0.875. The number of methoxy groups -OCH3 is 1. The van der Waals surface area contributed by atoms with E-state index in [0.29, 0.717) is 12.5 Å². The quantitative estimate of drug-likeness (QED) is 0.421. The third-order valence-corrected chi connectivity index (χ3v) is 2.20. The van der Waals surface area contributed by atoms with Gasteiger partial charge < -0.3 is 20.6 Å². The number of aliphatic hydroxyl groups is 1. The number of aromatic nitrogens is 1. The molecule has 0 spiro atoms. The number of nitrogens with two attached hydrogens (primary N) is 1. The molecule has 1 aromatic rings. The van der Waals surface area contributed by atoms with Gasteiger partial charge in [0.25, 0.3) is 0 Å². The number of nitrogen functional groups attached to an aromatic ring is 1. The third kappa shape index (κ3) is 4.06. The predicted octanol–water partition coefficient (Wildman–Crippen LogP) is 0.455. The Bertz CT molecular complexity index is 392. The van der Waals surface area contributed by atoms with E-state index in [9.17, 15) is 13.9 Å². The summed E-state index contributed by atoms with van der Waals surface area (Å²) in [5.41, 5.74) is 2.02. The molecule has 0 aliphatic heterocycles. The topological polar surface area (TPSA) is 92.4 Å². The predicted molar refractivity (Wildman–Crippen MR) is 63.0 cm³/mol. The fraction of sp³-hybridized carbons (Fsp3) is 0.500. The molecule has 0 aliphatic rings. The number of halogens is 2. The van der Waals surface area contributed by atoms with Gasteiger partial charge in [0.2, 0.25) is 0 Å². The molecule has 1 heterocycles. The van der Waals surface area contributed by atoms with E-state index in [4.69, 9.17) is 10.6 Å². The van der Waals surface area contributed by atoms with Gasteiger partial charge in [0.15, 0.2) is 23.3 Å². The Morgan fingerprint density at radius 3 is 2.72 bits per heavy atom. The van der Waals surface area contributed by atoms with Crippen molar-refractivity contribution >= 4 is 11.6 Å². The lowest BCUT2D eigenvalue weighted by molar-refractivity contribution is 0.0615. The van der Waals surface area contributed by atoms with Gasteiger partial charge in [-0.3, -0.25) is 0 Å². The second kappa shape index (κ2) is 7.04. The van der Waals surface area contributed by atoms with Gasteiger partial charge in [0.05, 0.1) is 12.7 Å². The molecule has 6 nitrogen and oxygen atoms in total. The molecule has 1 aromatic heterocycles. The molecule has 0 saturated heterocycles. The van der Waals surface area contributed by atoms with Gasteiger partial charge in [-0.15, -0.1) is 0 Å². The summed E-state index contributed by atoms with van der Waals surface area (Å²) in [5, 5.41) is 12.0. The molecule has 1 atom stereocenters. The first-order valence-corrected chi connectivity index (χ1v) is 5.32. The lowest BCUT2D eigenvalue weighted by Gasteiger charge is -2.12. The van der Waals surface area contributed by atoms with Crippen LogP contribution in [-0.4, -0.2) is 36.5 Å². The number of hydrogen-bond donors (Lipinski definition) is 4. The van der Waals surface area contributed by atoms with E-state index in [1.165, 1.54) is 7.11 Å². The Morgan fingerprint density at radius 1 is 1.44 bits per heavy atom. The van der Waals surface area contributed by atoms with Crippen LogP contribution in [0, 0.1) is 11.6 Å². The van der Waals surface area contributed by atoms with Crippen LogP contribution >= 0.6 is 0 Å². The number of ether oxygens (including phenoxy) is 1. The first-order valence-electron chi connectivity index (χ1n) is 5.32. The van der Waals surface area contributed by atoms with E-state index in [-0.39, 0.29) is 24.8 Å². The number of nitrogens with one attached hydrogen (secondary N) is 2. The fourth-order valence-electron chi connectivity index (χ4n) is 1.32. The van der Waals surface area contributed by atoms with Crippen molar-refractivity contribution < 1.29 is 18.6 Å². The summed E-state index contributed by atoms with van der Waals surface area (Å²) in [4.78, 5) is 3.62. The van der Waals surface area contributed by atoms with Crippen LogP contribution in [0.15, 0.2) is 6.07 Å². The van der Waals surface area contributed by atoms with Crippen LogP contribution in [0.3, 0.4) is 0 Å². The summed E-state index contributed by atoms with van der Waals surface area (Å²) in [5.74, 6) is 2.94. The highest BCUT2D eigenvalue weighted by atomic mass is 19.1. The average Bonchev–Trinajstić information content (AvgIpc) is 2.32. The smallest absolute Gasteiger partial charge is 0.178 e. The number of hydrazine groups is 1. The number of anilines is 2. The summed E-state index contributed by atoms with van der Waals surface area (Å²) in [7, 11) is 1.47. The molecule has 5 N–H and O–H groups in total. The summed E-state index contributed by atoms with van der Waals surface area (Å²) in [6.07, 6.45) is -0.310. The van der Waals surface area contributed by atoms with Crippen LogP contribution in [0.5, 0.6) is 0 Å². The summed E-state index contributed by atoms with van der Waals surface area (Å²) in [6.45, 7) is 0.459. The number of nitrogens with zero attached hydrogens (tertiary/aromatic N) is 1. The minimum Gasteiger partial charge on any atom is -0.391 e. The van der Waals surface area contributed by atoms with E-state index < -0.39 is 17.7 Å². The van der Waals surface area contributed by atoms with Crippen molar-refractivity contribution in [1.29, 1.82) is 0 Å². The van der Waals surface area contributed by atoms with E-state index in [1.807, 2.05) is 5.43 Å². The monoisotopic (exact) mass is 262 g/mol. The van der Waals surface area contributed by atoms with Crippen molar-refractivity contribution in [3.05, 3.63) is 17.7 Å². The molecule has 8 heteroatoms. The first kappa shape index (κ1) is 14.6. The van der Waals surface area contributed by atoms with Crippen molar-refractivity contribution in [2.75, 3.05) is 31.0 Å². The van der Waals surface area contributed by atoms with Crippen molar-refractivity contribution in [2.24, 2.45) is 5.84 Å². The largest absolute Gasteiger partial charge is 0.391 e. The van der Waals surface area contributed by atoms with Gasteiger partial charge >= 0.3 is 0 Å². The van der Waals surface area contributed by atoms with Gasteiger partial charge in [0.1, 0.15) is 0 Å². The Morgan fingerprint density at radius 2 is 2.11 bits per heavy atom. The zero-order valence-corrected chi connectivity index (χ0v) is 9.91. The van der Waals surface area contributed by atoms with Crippen LogP contribution in [0.25, 0.3) is 0 Å². The summed E-state index contributed by atoms with van der Waals surface area (Å²) in [6, 6.07) is 0.677. The second-order valence-electron chi connectivity index (χ2n) is 3.62. The molecule has 0 amide bonds. The molecule has 0 radical (unpaired) electrons.